The third kappa shape index (κ3) is 3.83. The summed E-state index contributed by atoms with van der Waals surface area (Å²) >= 11 is 0. The molecule has 1 aliphatic rings. The lowest BCUT2D eigenvalue weighted by atomic mass is 9.65. The zero-order chi connectivity index (χ0) is 14.0. The van der Waals surface area contributed by atoms with Gasteiger partial charge in [0.15, 0.2) is 0 Å². The summed E-state index contributed by atoms with van der Waals surface area (Å²) in [4.78, 5) is 12.4. The Kier molecular flexibility index (Phi) is 5.03. The van der Waals surface area contributed by atoms with Crippen LogP contribution >= 0.6 is 0 Å². The maximum atomic E-state index is 12.4. The number of hydrogen-bond acceptors (Lipinski definition) is 1. The molecule has 0 atom stereocenters. The monoisotopic (exact) mass is 252 g/mol. The molecule has 1 aliphatic carbocycles. The normalized spacial score (nSPS) is 26.1. The summed E-state index contributed by atoms with van der Waals surface area (Å²) < 4.78 is 0. The number of carbonyl (C=O) groups excluding carboxylic acids is 1. The molecule has 0 aromatic rings. The third-order valence-corrected chi connectivity index (χ3v) is 5.38. The van der Waals surface area contributed by atoms with E-state index in [4.69, 9.17) is 0 Å². The molecule has 0 saturated heterocycles. The Bertz CT molecular complexity index is 280. The van der Waals surface area contributed by atoms with Gasteiger partial charge in [0.25, 0.3) is 0 Å². The Morgan fingerprint density at radius 1 is 1.06 bits per heavy atom. The van der Waals surface area contributed by atoms with Crippen LogP contribution in [-0.2, 0) is 4.79 Å². The van der Waals surface area contributed by atoms with Gasteiger partial charge in [-0.15, -0.1) is 0 Å². The highest BCUT2D eigenvalue weighted by atomic mass is 16.1. The average Bonchev–Trinajstić information content (AvgIpc) is 2.29. The van der Waals surface area contributed by atoms with E-state index in [1.807, 2.05) is 0 Å². The van der Waals surface area contributed by atoms with Gasteiger partial charge in [0.05, 0.1) is 0 Å². The van der Waals surface area contributed by atoms with Crippen molar-refractivity contribution >= 4 is 5.78 Å². The van der Waals surface area contributed by atoms with E-state index in [1.165, 1.54) is 25.7 Å². The molecule has 0 heterocycles. The Morgan fingerprint density at radius 2 is 1.56 bits per heavy atom. The smallest absolute Gasteiger partial charge is 0.139 e. The molecule has 1 rings (SSSR count). The van der Waals surface area contributed by atoms with Gasteiger partial charge >= 0.3 is 0 Å². The molecular formula is C17H32O. The van der Waals surface area contributed by atoms with Crippen LogP contribution in [0.1, 0.15) is 80.1 Å². The van der Waals surface area contributed by atoms with Gasteiger partial charge in [0, 0.05) is 11.8 Å². The van der Waals surface area contributed by atoms with Crippen molar-refractivity contribution in [1.29, 1.82) is 0 Å². The fourth-order valence-corrected chi connectivity index (χ4v) is 3.04. The van der Waals surface area contributed by atoms with Crippen LogP contribution in [0.3, 0.4) is 0 Å². The lowest BCUT2D eigenvalue weighted by Crippen LogP contribution is -2.34. The number of rotatable bonds is 5. The molecule has 1 saturated carbocycles. The Hall–Kier alpha value is -0.330. The molecule has 0 aromatic heterocycles. The minimum Gasteiger partial charge on any atom is -0.299 e. The van der Waals surface area contributed by atoms with Gasteiger partial charge in [0.2, 0.25) is 0 Å². The largest absolute Gasteiger partial charge is 0.299 e. The molecule has 106 valence electrons. The first-order chi connectivity index (χ1) is 8.19. The zero-order valence-electron chi connectivity index (χ0n) is 13.3. The minimum atomic E-state index is -0.140. The highest BCUT2D eigenvalue weighted by Gasteiger charge is 2.37. The first-order valence-corrected chi connectivity index (χ1v) is 7.72. The van der Waals surface area contributed by atoms with Gasteiger partial charge in [-0.25, -0.2) is 0 Å². The molecule has 0 unspecified atom stereocenters. The van der Waals surface area contributed by atoms with Crippen molar-refractivity contribution in [3.63, 3.8) is 0 Å². The Morgan fingerprint density at radius 3 is 2.00 bits per heavy atom. The zero-order valence-corrected chi connectivity index (χ0v) is 13.3. The van der Waals surface area contributed by atoms with E-state index in [-0.39, 0.29) is 10.8 Å². The van der Waals surface area contributed by atoms with Crippen LogP contribution in [0.2, 0.25) is 0 Å². The van der Waals surface area contributed by atoms with Crippen molar-refractivity contribution < 1.29 is 4.79 Å². The summed E-state index contributed by atoms with van der Waals surface area (Å²) in [6, 6.07) is 0. The molecular weight excluding hydrogens is 220 g/mol. The van der Waals surface area contributed by atoms with Gasteiger partial charge in [-0.1, -0.05) is 54.4 Å². The van der Waals surface area contributed by atoms with E-state index in [0.29, 0.717) is 5.78 Å². The van der Waals surface area contributed by atoms with E-state index in [0.717, 1.165) is 24.7 Å². The predicted molar refractivity (Wildman–Crippen MR) is 78.6 cm³/mol. The number of carbonyl (C=O) groups is 1. The van der Waals surface area contributed by atoms with Gasteiger partial charge in [-0.05, 0) is 36.5 Å². The molecule has 0 amide bonds. The molecule has 18 heavy (non-hydrogen) atoms. The summed E-state index contributed by atoms with van der Waals surface area (Å²) in [5.74, 6) is 2.08. The van der Waals surface area contributed by atoms with Crippen LogP contribution in [0.15, 0.2) is 0 Å². The fourth-order valence-electron chi connectivity index (χ4n) is 3.04. The first kappa shape index (κ1) is 15.7. The molecule has 1 fully saturated rings. The van der Waals surface area contributed by atoms with Crippen molar-refractivity contribution in [2.24, 2.45) is 22.7 Å². The van der Waals surface area contributed by atoms with Crippen molar-refractivity contribution in [3.05, 3.63) is 0 Å². The highest BCUT2D eigenvalue weighted by Crippen LogP contribution is 2.43. The predicted octanol–water partition coefficient (Wildman–Crippen LogP) is 5.23. The second kappa shape index (κ2) is 5.75. The average molecular weight is 252 g/mol. The summed E-state index contributed by atoms with van der Waals surface area (Å²) in [5.41, 5.74) is 0.0445. The summed E-state index contributed by atoms with van der Waals surface area (Å²) in [5, 5.41) is 0. The minimum absolute atomic E-state index is 0.140. The van der Waals surface area contributed by atoms with Crippen molar-refractivity contribution in [2.45, 2.75) is 80.1 Å². The van der Waals surface area contributed by atoms with Gasteiger partial charge in [0.1, 0.15) is 5.78 Å². The van der Waals surface area contributed by atoms with Crippen LogP contribution in [-0.4, -0.2) is 5.78 Å². The number of Topliss-reactive ketones (excluding diaryl/α,β-unsaturated/α-hetero) is 1. The quantitative estimate of drug-likeness (QED) is 0.654. The van der Waals surface area contributed by atoms with Crippen molar-refractivity contribution in [2.75, 3.05) is 0 Å². The molecule has 0 spiro atoms. The summed E-state index contributed by atoms with van der Waals surface area (Å²) in [6.45, 7) is 13.3. The summed E-state index contributed by atoms with van der Waals surface area (Å²) in [6.07, 6.45) is 7.03. The van der Waals surface area contributed by atoms with Crippen LogP contribution in [0.25, 0.3) is 0 Å². The van der Waals surface area contributed by atoms with E-state index < -0.39 is 0 Å². The van der Waals surface area contributed by atoms with E-state index in [9.17, 15) is 4.79 Å². The summed E-state index contributed by atoms with van der Waals surface area (Å²) in [7, 11) is 0. The number of ketones is 1. The molecule has 1 heteroatoms. The molecule has 0 bridgehead atoms. The topological polar surface area (TPSA) is 17.1 Å². The van der Waals surface area contributed by atoms with Crippen molar-refractivity contribution in [1.82, 2.24) is 0 Å². The standard InChI is InChI=1S/C17H32O/c1-7-16(3,4)15(18)12-17(5,6)14-10-8-13(2)9-11-14/h13-14H,7-12H2,1-6H3. The molecule has 0 aromatic carbocycles. The van der Waals surface area contributed by atoms with Crippen LogP contribution < -0.4 is 0 Å². The first-order valence-electron chi connectivity index (χ1n) is 7.72. The SMILES string of the molecule is CCC(C)(C)C(=O)CC(C)(C)C1CCC(C)CC1. The molecule has 0 aliphatic heterocycles. The molecule has 0 radical (unpaired) electrons. The lowest BCUT2D eigenvalue weighted by molar-refractivity contribution is -0.130. The molecule has 0 N–H and O–H groups in total. The van der Waals surface area contributed by atoms with Crippen LogP contribution in [0.5, 0.6) is 0 Å². The van der Waals surface area contributed by atoms with Crippen molar-refractivity contribution in [3.8, 4) is 0 Å². The van der Waals surface area contributed by atoms with E-state index in [2.05, 4.69) is 41.5 Å². The highest BCUT2D eigenvalue weighted by molar-refractivity contribution is 5.84. The molecule has 1 nitrogen and oxygen atoms in total. The van der Waals surface area contributed by atoms with E-state index >= 15 is 0 Å². The maximum Gasteiger partial charge on any atom is 0.139 e. The second-order valence-electron chi connectivity index (χ2n) is 7.78. The van der Waals surface area contributed by atoms with Gasteiger partial charge < -0.3 is 0 Å². The number of hydrogen-bond donors (Lipinski definition) is 0. The van der Waals surface area contributed by atoms with Crippen LogP contribution in [0.4, 0.5) is 0 Å². The second-order valence-corrected chi connectivity index (χ2v) is 7.78. The Labute approximate surface area is 114 Å². The van der Waals surface area contributed by atoms with Gasteiger partial charge in [-0.3, -0.25) is 4.79 Å². The van der Waals surface area contributed by atoms with Crippen LogP contribution in [0, 0.1) is 22.7 Å². The third-order valence-electron chi connectivity index (χ3n) is 5.38. The van der Waals surface area contributed by atoms with E-state index in [1.54, 1.807) is 0 Å². The Balaban J connectivity index is 2.61. The fraction of sp³-hybridized carbons (Fsp3) is 0.941. The van der Waals surface area contributed by atoms with Gasteiger partial charge in [-0.2, -0.15) is 0 Å². The lowest BCUT2D eigenvalue weighted by Gasteiger charge is -2.39. The maximum absolute atomic E-state index is 12.4.